The fourth-order valence-electron chi connectivity index (χ4n) is 2.95. The summed E-state index contributed by atoms with van der Waals surface area (Å²) in [7, 11) is 1.69. The van der Waals surface area contributed by atoms with Gasteiger partial charge in [0.05, 0.1) is 17.8 Å². The molecular weight excluding hydrogens is 405 g/mol. The molecule has 3 aromatic carbocycles. The molecule has 0 saturated carbocycles. The molecule has 0 heterocycles. The largest absolute Gasteiger partial charge is 0.324 e. The Hall–Kier alpha value is -3.22. The highest BCUT2D eigenvalue weighted by Crippen LogP contribution is 2.21. The zero-order valence-corrected chi connectivity index (χ0v) is 17.1. The zero-order valence-electron chi connectivity index (χ0n) is 16.4. The molecule has 7 heteroatoms. The number of hydrogen-bond acceptors (Lipinski definition) is 3. The molecule has 0 aromatic heterocycles. The quantitative estimate of drug-likeness (QED) is 0.571. The van der Waals surface area contributed by atoms with E-state index >= 15 is 0 Å². The first-order chi connectivity index (χ1) is 14.4. The summed E-state index contributed by atoms with van der Waals surface area (Å²) in [6.07, 6.45) is 0. The van der Waals surface area contributed by atoms with Crippen molar-refractivity contribution >= 4 is 34.8 Å². The fraction of sp³-hybridized carbons (Fsp3) is 0.130. The summed E-state index contributed by atoms with van der Waals surface area (Å²) in [5.41, 5.74) is 1.73. The van der Waals surface area contributed by atoms with Crippen LogP contribution in [0.4, 0.5) is 15.8 Å². The molecule has 0 aliphatic heterocycles. The van der Waals surface area contributed by atoms with Crippen molar-refractivity contribution in [2.75, 3.05) is 24.2 Å². The monoisotopic (exact) mass is 425 g/mol. The highest BCUT2D eigenvalue weighted by molar-refractivity contribution is 6.31. The Balaban J connectivity index is 1.65. The molecule has 154 valence electrons. The minimum Gasteiger partial charge on any atom is -0.324 e. The molecule has 0 fully saturated rings. The molecule has 3 aromatic rings. The molecule has 0 saturated heterocycles. The number of anilines is 2. The molecule has 0 atom stereocenters. The van der Waals surface area contributed by atoms with Crippen LogP contribution in [0.15, 0.2) is 72.8 Å². The molecule has 0 aliphatic rings. The van der Waals surface area contributed by atoms with E-state index in [2.05, 4.69) is 10.6 Å². The van der Waals surface area contributed by atoms with Crippen molar-refractivity contribution in [2.45, 2.75) is 6.54 Å². The summed E-state index contributed by atoms with van der Waals surface area (Å²) in [6.45, 7) is 0.175. The standard InChI is InChI=1S/C23H21ClFN3O2/c1-28(14-18-19(24)11-7-12-20(18)25)15-22(29)27-21-13-6-5-10-17(21)23(30)26-16-8-3-2-4-9-16/h2-13H,14-15H2,1H3,(H,26,30)(H,27,29). The average Bonchev–Trinajstić information content (AvgIpc) is 2.72. The Morgan fingerprint density at radius 3 is 2.37 bits per heavy atom. The Kier molecular flexibility index (Phi) is 7.17. The first-order valence-corrected chi connectivity index (χ1v) is 9.68. The summed E-state index contributed by atoms with van der Waals surface area (Å²) in [5.74, 6) is -1.08. The van der Waals surface area contributed by atoms with E-state index in [1.54, 1.807) is 54.4 Å². The van der Waals surface area contributed by atoms with Gasteiger partial charge in [0.15, 0.2) is 0 Å². The van der Waals surface area contributed by atoms with Gasteiger partial charge in [-0.25, -0.2) is 4.39 Å². The molecule has 5 nitrogen and oxygen atoms in total. The van der Waals surface area contributed by atoms with Crippen LogP contribution in [0, 0.1) is 5.82 Å². The Morgan fingerprint density at radius 1 is 0.933 bits per heavy atom. The van der Waals surface area contributed by atoms with Gasteiger partial charge in [-0.05, 0) is 43.4 Å². The second-order valence-corrected chi connectivity index (χ2v) is 7.19. The predicted molar refractivity (Wildman–Crippen MR) is 117 cm³/mol. The maximum Gasteiger partial charge on any atom is 0.257 e. The third-order valence-electron chi connectivity index (χ3n) is 4.38. The number of hydrogen-bond donors (Lipinski definition) is 2. The van der Waals surface area contributed by atoms with Crippen molar-refractivity contribution in [1.82, 2.24) is 4.90 Å². The lowest BCUT2D eigenvalue weighted by Gasteiger charge is -2.18. The van der Waals surface area contributed by atoms with Gasteiger partial charge in [0, 0.05) is 22.8 Å². The molecule has 30 heavy (non-hydrogen) atoms. The summed E-state index contributed by atoms with van der Waals surface area (Å²) < 4.78 is 14.0. The summed E-state index contributed by atoms with van der Waals surface area (Å²) >= 11 is 6.05. The van der Waals surface area contributed by atoms with E-state index in [0.717, 1.165) is 0 Å². The first kappa shape index (κ1) is 21.5. The number of nitrogens with one attached hydrogen (secondary N) is 2. The lowest BCUT2D eigenvalue weighted by Crippen LogP contribution is -2.30. The number of rotatable bonds is 7. The minimum absolute atomic E-state index is 0.000693. The smallest absolute Gasteiger partial charge is 0.257 e. The van der Waals surface area contributed by atoms with Gasteiger partial charge in [-0.1, -0.05) is 48.0 Å². The van der Waals surface area contributed by atoms with E-state index < -0.39 is 5.82 Å². The lowest BCUT2D eigenvalue weighted by molar-refractivity contribution is -0.117. The normalized spacial score (nSPS) is 10.7. The third kappa shape index (κ3) is 5.65. The van der Waals surface area contributed by atoms with Crippen molar-refractivity contribution in [3.63, 3.8) is 0 Å². The van der Waals surface area contributed by atoms with Crippen LogP contribution in [-0.4, -0.2) is 30.3 Å². The van der Waals surface area contributed by atoms with Crippen LogP contribution in [0.2, 0.25) is 5.02 Å². The molecule has 2 N–H and O–H groups in total. The third-order valence-corrected chi connectivity index (χ3v) is 4.73. The fourth-order valence-corrected chi connectivity index (χ4v) is 3.18. The van der Waals surface area contributed by atoms with Gasteiger partial charge in [0.1, 0.15) is 5.82 Å². The number of halogens is 2. The van der Waals surface area contributed by atoms with Crippen LogP contribution in [-0.2, 0) is 11.3 Å². The molecular formula is C23H21ClFN3O2. The number of carbonyl (C=O) groups excluding carboxylic acids is 2. The topological polar surface area (TPSA) is 61.4 Å². The van der Waals surface area contributed by atoms with E-state index in [1.165, 1.54) is 12.1 Å². The second-order valence-electron chi connectivity index (χ2n) is 6.79. The average molecular weight is 426 g/mol. The number of likely N-dealkylation sites (N-methyl/N-ethyl adjacent to an activating group) is 1. The van der Waals surface area contributed by atoms with Crippen molar-refractivity contribution in [2.24, 2.45) is 0 Å². The number of carbonyl (C=O) groups is 2. The maximum atomic E-state index is 14.0. The molecule has 0 aliphatic carbocycles. The highest BCUT2D eigenvalue weighted by atomic mass is 35.5. The summed E-state index contributed by atoms with van der Waals surface area (Å²) in [4.78, 5) is 26.8. The lowest BCUT2D eigenvalue weighted by atomic mass is 10.1. The van der Waals surface area contributed by atoms with E-state index in [1.807, 2.05) is 18.2 Å². The molecule has 3 rings (SSSR count). The van der Waals surface area contributed by atoms with Crippen LogP contribution >= 0.6 is 11.6 Å². The van der Waals surface area contributed by atoms with Crippen molar-refractivity contribution < 1.29 is 14.0 Å². The Labute approximate surface area is 179 Å². The molecule has 0 spiro atoms. The SMILES string of the molecule is CN(CC(=O)Nc1ccccc1C(=O)Nc1ccccc1)Cc1c(F)cccc1Cl. The van der Waals surface area contributed by atoms with Gasteiger partial charge < -0.3 is 10.6 Å². The van der Waals surface area contributed by atoms with Gasteiger partial charge in [0.25, 0.3) is 5.91 Å². The Bertz CT molecular complexity index is 1020. The van der Waals surface area contributed by atoms with Gasteiger partial charge in [0.2, 0.25) is 5.91 Å². The molecule has 0 bridgehead atoms. The molecule has 2 amide bonds. The van der Waals surface area contributed by atoms with Crippen molar-refractivity contribution in [1.29, 1.82) is 0 Å². The Morgan fingerprint density at radius 2 is 1.63 bits per heavy atom. The van der Waals surface area contributed by atoms with Crippen LogP contribution < -0.4 is 10.6 Å². The van der Waals surface area contributed by atoms with Crippen LogP contribution in [0.1, 0.15) is 15.9 Å². The van der Waals surface area contributed by atoms with E-state index in [-0.39, 0.29) is 24.9 Å². The number of amides is 2. The van der Waals surface area contributed by atoms with Gasteiger partial charge in [-0.15, -0.1) is 0 Å². The van der Waals surface area contributed by atoms with E-state index in [0.29, 0.717) is 27.5 Å². The van der Waals surface area contributed by atoms with Crippen LogP contribution in [0.5, 0.6) is 0 Å². The van der Waals surface area contributed by atoms with Crippen LogP contribution in [0.25, 0.3) is 0 Å². The van der Waals surface area contributed by atoms with Gasteiger partial charge in [-0.3, -0.25) is 14.5 Å². The minimum atomic E-state index is -0.419. The number of nitrogens with zero attached hydrogens (tertiary/aromatic N) is 1. The second kappa shape index (κ2) is 10.0. The molecule has 0 radical (unpaired) electrons. The summed E-state index contributed by atoms with van der Waals surface area (Å²) in [5, 5.41) is 5.87. The van der Waals surface area contributed by atoms with Crippen LogP contribution in [0.3, 0.4) is 0 Å². The molecule has 0 unspecified atom stereocenters. The predicted octanol–water partition coefficient (Wildman–Crippen LogP) is 4.80. The van der Waals surface area contributed by atoms with E-state index in [4.69, 9.17) is 11.6 Å². The van der Waals surface area contributed by atoms with Gasteiger partial charge >= 0.3 is 0 Å². The van der Waals surface area contributed by atoms with Crippen molar-refractivity contribution in [3.8, 4) is 0 Å². The van der Waals surface area contributed by atoms with E-state index in [9.17, 15) is 14.0 Å². The van der Waals surface area contributed by atoms with Crippen molar-refractivity contribution in [3.05, 3.63) is 94.8 Å². The van der Waals surface area contributed by atoms with Gasteiger partial charge in [-0.2, -0.15) is 0 Å². The highest BCUT2D eigenvalue weighted by Gasteiger charge is 2.16. The zero-order chi connectivity index (χ0) is 21.5. The number of benzene rings is 3. The summed E-state index contributed by atoms with van der Waals surface area (Å²) in [6, 6.07) is 20.3. The number of para-hydroxylation sites is 2. The maximum absolute atomic E-state index is 14.0. The first-order valence-electron chi connectivity index (χ1n) is 9.31.